The van der Waals surface area contributed by atoms with Gasteiger partial charge in [-0.15, -0.1) is 10.2 Å². The molecule has 1 aliphatic heterocycles. The Morgan fingerprint density at radius 1 is 0.969 bits per heavy atom. The third-order valence-corrected chi connectivity index (χ3v) is 5.95. The van der Waals surface area contributed by atoms with Gasteiger partial charge in [-0.3, -0.25) is 4.79 Å². The normalized spacial score (nSPS) is 13.5. The summed E-state index contributed by atoms with van der Waals surface area (Å²) in [5, 5.41) is 12.1. The zero-order valence-corrected chi connectivity index (χ0v) is 18.6. The second-order valence-corrected chi connectivity index (χ2v) is 8.55. The van der Waals surface area contributed by atoms with Crippen molar-refractivity contribution in [3.8, 4) is 11.3 Å². The molecule has 1 aliphatic rings. The zero-order valence-electron chi connectivity index (χ0n) is 17.0. The summed E-state index contributed by atoms with van der Waals surface area (Å²) in [4.78, 5) is 27.2. The number of halogens is 1. The predicted molar refractivity (Wildman–Crippen MR) is 127 cm³/mol. The largest absolute Gasteiger partial charge is 0.422 e. The fourth-order valence-electron chi connectivity index (χ4n) is 3.77. The molecule has 0 aliphatic carbocycles. The molecular weight excluding hydrogens is 472 g/mol. The molecule has 2 aromatic carbocycles. The summed E-state index contributed by atoms with van der Waals surface area (Å²) in [5.74, 6) is 0.375. The number of carbonyl (C=O) groups excluding carboxylic acids is 1. The van der Waals surface area contributed by atoms with E-state index in [1.54, 1.807) is 30.3 Å². The molecule has 160 valence electrons. The Morgan fingerprint density at radius 2 is 1.75 bits per heavy atom. The molecule has 8 heteroatoms. The maximum atomic E-state index is 12.7. The molecule has 1 amide bonds. The standard InChI is InChI=1S/C24H19BrN4O3/c25-17-5-9-21-16(13-17)14-19(24(31)32-21)23(30)26-18-6-3-15(4-7-18)20-8-10-22(28-27-20)29-11-1-2-12-29/h3-10,13-14H,1-2,11-12H2,(H,26,30). The molecule has 3 heterocycles. The lowest BCUT2D eigenvalue weighted by Gasteiger charge is -2.15. The minimum atomic E-state index is -0.678. The molecule has 0 radical (unpaired) electrons. The predicted octanol–water partition coefficient (Wildman–Crippen LogP) is 4.87. The SMILES string of the molecule is O=C(Nc1ccc(-c2ccc(N3CCCC3)nn2)cc1)c1cc2cc(Br)ccc2oc1=O. The highest BCUT2D eigenvalue weighted by molar-refractivity contribution is 9.10. The van der Waals surface area contributed by atoms with E-state index < -0.39 is 11.5 Å². The second kappa shape index (κ2) is 8.55. The van der Waals surface area contributed by atoms with Crippen LogP contribution in [-0.2, 0) is 0 Å². The van der Waals surface area contributed by atoms with Crippen LogP contribution in [0.2, 0.25) is 0 Å². The first-order chi connectivity index (χ1) is 15.6. The minimum Gasteiger partial charge on any atom is -0.422 e. The molecule has 0 atom stereocenters. The van der Waals surface area contributed by atoms with Crippen molar-refractivity contribution in [2.45, 2.75) is 12.8 Å². The van der Waals surface area contributed by atoms with Crippen LogP contribution < -0.4 is 15.8 Å². The van der Waals surface area contributed by atoms with Gasteiger partial charge < -0.3 is 14.6 Å². The third-order valence-electron chi connectivity index (χ3n) is 5.46. The van der Waals surface area contributed by atoms with Crippen molar-refractivity contribution in [1.82, 2.24) is 10.2 Å². The van der Waals surface area contributed by atoms with E-state index in [4.69, 9.17) is 4.42 Å². The summed E-state index contributed by atoms with van der Waals surface area (Å²) in [6.07, 6.45) is 2.38. The average Bonchev–Trinajstić information content (AvgIpc) is 3.34. The van der Waals surface area contributed by atoms with Gasteiger partial charge in [-0.1, -0.05) is 28.1 Å². The lowest BCUT2D eigenvalue weighted by atomic mass is 10.1. The first-order valence-electron chi connectivity index (χ1n) is 10.3. The Kier molecular flexibility index (Phi) is 5.45. The number of fused-ring (bicyclic) bond motifs is 1. The first kappa shape index (κ1) is 20.4. The van der Waals surface area contributed by atoms with Crippen molar-refractivity contribution in [3.63, 3.8) is 0 Å². The number of benzene rings is 2. The molecule has 2 aromatic heterocycles. The van der Waals surface area contributed by atoms with E-state index in [9.17, 15) is 9.59 Å². The van der Waals surface area contributed by atoms with Gasteiger partial charge in [0.05, 0.1) is 5.69 Å². The van der Waals surface area contributed by atoms with Crippen LogP contribution in [0.3, 0.4) is 0 Å². The van der Waals surface area contributed by atoms with Crippen LogP contribution in [0.5, 0.6) is 0 Å². The number of nitrogens with one attached hydrogen (secondary N) is 1. The van der Waals surface area contributed by atoms with E-state index in [-0.39, 0.29) is 5.56 Å². The zero-order chi connectivity index (χ0) is 22.1. The smallest absolute Gasteiger partial charge is 0.349 e. The van der Waals surface area contributed by atoms with Gasteiger partial charge in [0.1, 0.15) is 11.1 Å². The number of amides is 1. The third kappa shape index (κ3) is 4.13. The molecular formula is C24H19BrN4O3. The maximum absolute atomic E-state index is 12.7. The van der Waals surface area contributed by atoms with Gasteiger partial charge >= 0.3 is 5.63 Å². The Bertz CT molecular complexity index is 1340. The molecule has 5 rings (SSSR count). The summed E-state index contributed by atoms with van der Waals surface area (Å²) in [5.41, 5.74) is 1.90. The Hall–Kier alpha value is -3.52. The average molecular weight is 491 g/mol. The van der Waals surface area contributed by atoms with Crippen LogP contribution in [0.25, 0.3) is 22.2 Å². The molecule has 32 heavy (non-hydrogen) atoms. The van der Waals surface area contributed by atoms with E-state index in [2.05, 4.69) is 36.3 Å². The monoisotopic (exact) mass is 490 g/mol. The lowest BCUT2D eigenvalue weighted by molar-refractivity contribution is 0.102. The minimum absolute atomic E-state index is 0.0527. The molecule has 1 N–H and O–H groups in total. The number of aromatic nitrogens is 2. The van der Waals surface area contributed by atoms with Crippen LogP contribution in [-0.4, -0.2) is 29.2 Å². The van der Waals surface area contributed by atoms with Gasteiger partial charge in [0.2, 0.25) is 0 Å². The van der Waals surface area contributed by atoms with E-state index in [1.807, 2.05) is 24.3 Å². The number of carbonyl (C=O) groups is 1. The van der Waals surface area contributed by atoms with Crippen LogP contribution >= 0.6 is 15.9 Å². The maximum Gasteiger partial charge on any atom is 0.349 e. The molecule has 1 saturated heterocycles. The highest BCUT2D eigenvalue weighted by Crippen LogP contribution is 2.23. The molecule has 0 spiro atoms. The van der Waals surface area contributed by atoms with Crippen LogP contribution in [0.1, 0.15) is 23.2 Å². The van der Waals surface area contributed by atoms with Crippen molar-refractivity contribution in [2.24, 2.45) is 0 Å². The van der Waals surface area contributed by atoms with Crippen molar-refractivity contribution in [1.29, 1.82) is 0 Å². The quantitative estimate of drug-likeness (QED) is 0.410. The van der Waals surface area contributed by atoms with Gasteiger partial charge in [0.25, 0.3) is 5.91 Å². The van der Waals surface area contributed by atoms with Gasteiger partial charge in [-0.25, -0.2) is 4.79 Å². The molecule has 4 aromatic rings. The molecule has 0 bridgehead atoms. The van der Waals surface area contributed by atoms with Crippen molar-refractivity contribution in [2.75, 3.05) is 23.3 Å². The summed E-state index contributed by atoms with van der Waals surface area (Å²) in [6, 6.07) is 18.0. The Morgan fingerprint density at radius 3 is 2.47 bits per heavy atom. The van der Waals surface area contributed by atoms with E-state index in [1.165, 1.54) is 18.9 Å². The fourth-order valence-corrected chi connectivity index (χ4v) is 4.15. The Labute approximate surface area is 192 Å². The van der Waals surface area contributed by atoms with Crippen LogP contribution in [0.15, 0.2) is 74.3 Å². The summed E-state index contributed by atoms with van der Waals surface area (Å²) < 4.78 is 6.11. The van der Waals surface area contributed by atoms with Crippen molar-refractivity contribution >= 4 is 44.3 Å². The van der Waals surface area contributed by atoms with E-state index in [0.717, 1.165) is 34.6 Å². The second-order valence-electron chi connectivity index (χ2n) is 7.63. The number of rotatable bonds is 4. The molecule has 0 saturated carbocycles. The molecule has 7 nitrogen and oxygen atoms in total. The topological polar surface area (TPSA) is 88.3 Å². The van der Waals surface area contributed by atoms with E-state index >= 15 is 0 Å². The van der Waals surface area contributed by atoms with E-state index in [0.29, 0.717) is 16.7 Å². The highest BCUT2D eigenvalue weighted by atomic mass is 79.9. The van der Waals surface area contributed by atoms with Crippen LogP contribution in [0, 0.1) is 0 Å². The van der Waals surface area contributed by atoms with Gasteiger partial charge in [-0.2, -0.15) is 0 Å². The molecule has 1 fully saturated rings. The lowest BCUT2D eigenvalue weighted by Crippen LogP contribution is -2.20. The number of nitrogens with zero attached hydrogens (tertiary/aromatic N) is 3. The van der Waals surface area contributed by atoms with Crippen molar-refractivity contribution in [3.05, 3.63) is 81.1 Å². The molecule has 0 unspecified atom stereocenters. The summed E-state index contributed by atoms with van der Waals surface area (Å²) in [7, 11) is 0. The van der Waals surface area contributed by atoms with Gasteiger partial charge in [0.15, 0.2) is 5.82 Å². The number of hydrogen-bond acceptors (Lipinski definition) is 6. The number of anilines is 2. The van der Waals surface area contributed by atoms with Gasteiger partial charge in [0, 0.05) is 34.2 Å². The van der Waals surface area contributed by atoms with Crippen LogP contribution in [0.4, 0.5) is 11.5 Å². The van der Waals surface area contributed by atoms with Gasteiger partial charge in [-0.05, 0) is 61.4 Å². The van der Waals surface area contributed by atoms with Crippen molar-refractivity contribution < 1.29 is 9.21 Å². The number of hydrogen-bond donors (Lipinski definition) is 1. The first-order valence-corrected chi connectivity index (χ1v) is 11.1. The summed E-state index contributed by atoms with van der Waals surface area (Å²) in [6.45, 7) is 2.05. The fraction of sp³-hybridized carbons (Fsp3) is 0.167. The highest BCUT2D eigenvalue weighted by Gasteiger charge is 2.16. The Balaban J connectivity index is 1.32. The summed E-state index contributed by atoms with van der Waals surface area (Å²) >= 11 is 3.38.